The lowest BCUT2D eigenvalue weighted by Crippen LogP contribution is -2.53. The van der Waals surface area contributed by atoms with Gasteiger partial charge in [-0.3, -0.25) is 13.8 Å². The summed E-state index contributed by atoms with van der Waals surface area (Å²) in [4.78, 5) is 22.7. The molecule has 0 spiro atoms. The molecule has 1 amide bonds. The molecule has 0 radical (unpaired) electrons. The summed E-state index contributed by atoms with van der Waals surface area (Å²) in [6.07, 6.45) is 0.688. The lowest BCUT2D eigenvalue weighted by atomic mass is 9.83. The number of amides is 1. The maximum absolute atomic E-state index is 11.7. The molecule has 2 saturated heterocycles. The molecule has 2 aliphatic rings. The summed E-state index contributed by atoms with van der Waals surface area (Å²) < 4.78 is 37.5. The van der Waals surface area contributed by atoms with Gasteiger partial charge in [0, 0.05) is 0 Å². The summed E-state index contributed by atoms with van der Waals surface area (Å²) in [6.45, 7) is 4.47. The van der Waals surface area contributed by atoms with Crippen molar-refractivity contribution in [3.05, 3.63) is 12.7 Å². The highest BCUT2D eigenvalue weighted by Gasteiger charge is 2.61. The maximum atomic E-state index is 11.7. The topological polar surface area (TPSA) is 108 Å². The Bertz CT molecular complexity index is 524. The monoisotopic (exact) mass is 319 g/mol. The van der Waals surface area contributed by atoms with Crippen LogP contribution in [0.4, 0.5) is 0 Å². The summed E-state index contributed by atoms with van der Waals surface area (Å²) in [7, 11) is -3.10. The van der Waals surface area contributed by atoms with Crippen LogP contribution in [0.3, 0.4) is 0 Å². The molecule has 2 fully saturated rings. The number of rotatable bonds is 6. The van der Waals surface area contributed by atoms with Crippen LogP contribution in [0.25, 0.3) is 0 Å². The van der Waals surface area contributed by atoms with E-state index in [0.29, 0.717) is 12.8 Å². The molecule has 8 nitrogen and oxygen atoms in total. The number of carbonyl (C=O) groups is 2. The summed E-state index contributed by atoms with van der Waals surface area (Å²) in [5, 5.41) is 2.29. The van der Waals surface area contributed by atoms with Gasteiger partial charge in [-0.2, -0.15) is 0 Å². The highest BCUT2D eigenvalue weighted by Crippen LogP contribution is 2.45. The molecule has 0 saturated carbocycles. The molecule has 4 unspecified atom stereocenters. The number of carbonyl (C=O) groups excluding carboxylic acids is 2. The number of fused-ring (bicyclic) bond motifs is 2. The van der Waals surface area contributed by atoms with E-state index < -0.39 is 46.8 Å². The van der Waals surface area contributed by atoms with Gasteiger partial charge in [0.05, 0.1) is 12.2 Å². The quantitative estimate of drug-likeness (QED) is 0.370. The molecule has 2 rings (SSSR count). The highest BCUT2D eigenvalue weighted by atomic mass is 32.2. The largest absolute Gasteiger partial charge is 0.455 e. The van der Waals surface area contributed by atoms with Crippen molar-refractivity contribution in [2.24, 2.45) is 0 Å². The molecular weight excluding hydrogens is 302 g/mol. The molecule has 118 valence electrons. The average molecular weight is 319 g/mol. The zero-order valence-corrected chi connectivity index (χ0v) is 12.3. The molecule has 9 heteroatoms. The molecule has 0 aromatic rings. The minimum atomic E-state index is -3.10. The van der Waals surface area contributed by atoms with Gasteiger partial charge in [0.2, 0.25) is 5.91 Å². The van der Waals surface area contributed by atoms with Gasteiger partial charge in [-0.25, -0.2) is 8.42 Å². The molecule has 2 heterocycles. The molecule has 2 aliphatic heterocycles. The normalized spacial score (nSPS) is 33.9. The van der Waals surface area contributed by atoms with Crippen LogP contribution in [0.2, 0.25) is 0 Å². The predicted molar refractivity (Wildman–Crippen MR) is 70.8 cm³/mol. The van der Waals surface area contributed by atoms with Crippen LogP contribution >= 0.6 is 0 Å². The lowest BCUT2D eigenvalue weighted by Gasteiger charge is -2.34. The third-order valence-corrected chi connectivity index (χ3v) is 4.26. The van der Waals surface area contributed by atoms with Crippen LogP contribution in [-0.2, 0) is 34.2 Å². The van der Waals surface area contributed by atoms with Crippen molar-refractivity contribution in [3.63, 3.8) is 0 Å². The Morgan fingerprint density at radius 3 is 2.81 bits per heavy atom. The third-order valence-electron chi connectivity index (χ3n) is 3.72. The van der Waals surface area contributed by atoms with Gasteiger partial charge in [-0.05, 0) is 25.8 Å². The minimum absolute atomic E-state index is 0.335. The predicted octanol–water partition coefficient (Wildman–Crippen LogP) is -0.937. The van der Waals surface area contributed by atoms with Crippen molar-refractivity contribution >= 4 is 22.9 Å². The van der Waals surface area contributed by atoms with Crippen LogP contribution in [0.5, 0.6) is 0 Å². The highest BCUT2D eigenvalue weighted by molar-refractivity contribution is 7.67. The Balaban J connectivity index is 2.01. The molecule has 0 aromatic carbocycles. The Morgan fingerprint density at radius 2 is 2.19 bits per heavy atom. The first-order chi connectivity index (χ1) is 9.86. The maximum Gasteiger partial charge on any atom is 0.325 e. The zero-order chi connectivity index (χ0) is 15.6. The Kier molecular flexibility index (Phi) is 4.64. The van der Waals surface area contributed by atoms with Crippen molar-refractivity contribution < 1.29 is 31.7 Å². The van der Waals surface area contributed by atoms with E-state index >= 15 is 0 Å². The summed E-state index contributed by atoms with van der Waals surface area (Å²) >= 11 is 0. The standard InChI is InChI=1S/C12H17NO7S/c1-3-9(14)13-6-10(15)19-11-7-4-5-8(18-7)12(11,2)20-21(16)17/h3,7-8,11,21H,1,4-6H2,2H3,(H,13,14). The number of thiol groups is 1. The van der Waals surface area contributed by atoms with Gasteiger partial charge < -0.3 is 14.8 Å². The van der Waals surface area contributed by atoms with Gasteiger partial charge in [0.1, 0.15) is 12.1 Å². The van der Waals surface area contributed by atoms with Crippen molar-refractivity contribution in [1.82, 2.24) is 5.32 Å². The molecule has 0 aliphatic carbocycles. The summed E-state index contributed by atoms with van der Waals surface area (Å²) in [6, 6.07) is 0. The van der Waals surface area contributed by atoms with Crippen LogP contribution in [0, 0.1) is 0 Å². The number of nitrogens with one attached hydrogen (secondary N) is 1. The van der Waals surface area contributed by atoms with E-state index in [2.05, 4.69) is 11.9 Å². The lowest BCUT2D eigenvalue weighted by molar-refractivity contribution is -0.160. The van der Waals surface area contributed by atoms with Gasteiger partial charge in [0.15, 0.2) is 6.10 Å². The van der Waals surface area contributed by atoms with Crippen LogP contribution in [-0.4, -0.2) is 50.8 Å². The van der Waals surface area contributed by atoms with Crippen LogP contribution < -0.4 is 5.32 Å². The fourth-order valence-electron chi connectivity index (χ4n) is 2.74. The fourth-order valence-corrected chi connectivity index (χ4v) is 3.28. The minimum Gasteiger partial charge on any atom is -0.455 e. The Labute approximate surface area is 123 Å². The van der Waals surface area contributed by atoms with Gasteiger partial charge >= 0.3 is 5.97 Å². The van der Waals surface area contributed by atoms with Gasteiger partial charge in [-0.15, -0.1) is 0 Å². The van der Waals surface area contributed by atoms with Gasteiger partial charge in [-0.1, -0.05) is 6.58 Å². The van der Waals surface area contributed by atoms with E-state index in [9.17, 15) is 18.0 Å². The van der Waals surface area contributed by atoms with E-state index in [0.717, 1.165) is 6.08 Å². The molecule has 21 heavy (non-hydrogen) atoms. The van der Waals surface area contributed by atoms with Gasteiger partial charge in [0.25, 0.3) is 11.0 Å². The average Bonchev–Trinajstić information content (AvgIpc) is 2.98. The number of ether oxygens (including phenoxy) is 2. The molecule has 4 atom stereocenters. The number of hydrogen-bond donors (Lipinski definition) is 2. The van der Waals surface area contributed by atoms with Crippen molar-refractivity contribution in [2.45, 2.75) is 43.7 Å². The zero-order valence-electron chi connectivity index (χ0n) is 11.4. The van der Waals surface area contributed by atoms with Crippen LogP contribution in [0.15, 0.2) is 12.7 Å². The van der Waals surface area contributed by atoms with Crippen molar-refractivity contribution in [1.29, 1.82) is 0 Å². The third kappa shape index (κ3) is 3.25. The SMILES string of the molecule is C=CC(=O)NCC(=O)OC1C2CCC(O2)C1(C)O[SH](=O)=O. The second-order valence-corrected chi connectivity index (χ2v) is 5.70. The second-order valence-electron chi connectivity index (χ2n) is 5.07. The molecule has 2 bridgehead atoms. The first kappa shape index (κ1) is 15.9. The fraction of sp³-hybridized carbons (Fsp3) is 0.667. The number of hydrogen-bond acceptors (Lipinski definition) is 7. The van der Waals surface area contributed by atoms with Crippen molar-refractivity contribution in [3.8, 4) is 0 Å². The van der Waals surface area contributed by atoms with E-state index in [-0.39, 0.29) is 6.54 Å². The van der Waals surface area contributed by atoms with E-state index in [4.69, 9.17) is 13.7 Å². The Hall–Kier alpha value is -1.45. The van der Waals surface area contributed by atoms with E-state index in [1.165, 1.54) is 0 Å². The first-order valence-corrected chi connectivity index (χ1v) is 7.55. The van der Waals surface area contributed by atoms with Crippen molar-refractivity contribution in [2.75, 3.05) is 6.54 Å². The summed E-state index contributed by atoms with van der Waals surface area (Å²) in [5.41, 5.74) is -1.23. The van der Waals surface area contributed by atoms with Crippen LogP contribution in [0.1, 0.15) is 19.8 Å². The van der Waals surface area contributed by atoms with E-state index in [1.807, 2.05) is 0 Å². The molecule has 1 N–H and O–H groups in total. The first-order valence-electron chi connectivity index (χ1n) is 6.45. The molecule has 0 aromatic heterocycles. The van der Waals surface area contributed by atoms with E-state index in [1.54, 1.807) is 6.92 Å². The smallest absolute Gasteiger partial charge is 0.325 e. The summed E-state index contributed by atoms with van der Waals surface area (Å²) in [5.74, 6) is -1.19. The Morgan fingerprint density at radius 1 is 1.48 bits per heavy atom. The number of esters is 1. The molecular formula is C12H17NO7S. The second kappa shape index (κ2) is 6.12.